The predicted octanol–water partition coefficient (Wildman–Crippen LogP) is 4.10. The molecule has 1 unspecified atom stereocenters. The van der Waals surface area contributed by atoms with Gasteiger partial charge in [-0.25, -0.2) is 4.79 Å². The van der Waals surface area contributed by atoms with Crippen LogP contribution in [0, 0.1) is 0 Å². The number of nitrogens with zero attached hydrogens (tertiary/aromatic N) is 1. The lowest BCUT2D eigenvalue weighted by Gasteiger charge is -2.15. The first kappa shape index (κ1) is 21.9. The third-order valence-electron chi connectivity index (χ3n) is 4.52. The van der Waals surface area contributed by atoms with Crippen LogP contribution < -0.4 is 11.1 Å². The number of carbonyl (C=O) groups is 2. The zero-order valence-electron chi connectivity index (χ0n) is 16.2. The smallest absolute Gasteiger partial charge is 0.419 e. The van der Waals surface area contributed by atoms with Crippen molar-refractivity contribution in [2.75, 3.05) is 6.61 Å². The third kappa shape index (κ3) is 5.43. The molecule has 0 saturated heterocycles. The van der Waals surface area contributed by atoms with E-state index in [-0.39, 0.29) is 19.1 Å². The Kier molecular flexibility index (Phi) is 7.18. The number of benzene rings is 2. The Labute approximate surface area is 182 Å². The molecule has 0 aliphatic rings. The van der Waals surface area contributed by atoms with Gasteiger partial charge in [-0.3, -0.25) is 14.2 Å². The Balaban J connectivity index is 1.43. The largest absolute Gasteiger partial charge is 0.456 e. The van der Waals surface area contributed by atoms with E-state index in [4.69, 9.17) is 32.4 Å². The average molecular weight is 451 g/mol. The van der Waals surface area contributed by atoms with Crippen LogP contribution in [0.3, 0.4) is 0 Å². The molecule has 3 rings (SSSR count). The van der Waals surface area contributed by atoms with Crippen molar-refractivity contribution in [3.05, 3.63) is 68.6 Å². The van der Waals surface area contributed by atoms with Gasteiger partial charge in [-0.2, -0.15) is 0 Å². The molecule has 0 aliphatic carbocycles. The van der Waals surface area contributed by atoms with Crippen molar-refractivity contribution in [2.45, 2.75) is 32.4 Å². The highest BCUT2D eigenvalue weighted by Gasteiger charge is 2.14. The Morgan fingerprint density at radius 2 is 1.93 bits per heavy atom. The highest BCUT2D eigenvalue weighted by Crippen LogP contribution is 2.25. The van der Waals surface area contributed by atoms with E-state index in [2.05, 4.69) is 5.32 Å². The van der Waals surface area contributed by atoms with Gasteiger partial charge in [-0.1, -0.05) is 41.4 Å². The number of esters is 1. The zero-order chi connectivity index (χ0) is 21.7. The molecule has 2 aromatic carbocycles. The van der Waals surface area contributed by atoms with Crippen LogP contribution in [0.1, 0.15) is 31.4 Å². The number of ether oxygens (including phenoxy) is 1. The fourth-order valence-corrected chi connectivity index (χ4v) is 3.28. The molecular weight excluding hydrogens is 431 g/mol. The molecule has 0 bridgehead atoms. The van der Waals surface area contributed by atoms with Crippen LogP contribution in [-0.2, 0) is 20.9 Å². The number of para-hydroxylation sites is 2. The second-order valence-electron chi connectivity index (χ2n) is 6.71. The third-order valence-corrected chi connectivity index (χ3v) is 5.26. The Bertz CT molecular complexity index is 1120. The van der Waals surface area contributed by atoms with Gasteiger partial charge in [0, 0.05) is 13.0 Å². The molecule has 9 heteroatoms. The molecule has 1 atom stereocenters. The van der Waals surface area contributed by atoms with Crippen LogP contribution in [0.2, 0.25) is 10.0 Å². The van der Waals surface area contributed by atoms with Gasteiger partial charge in [-0.05, 0) is 43.2 Å². The number of halogens is 2. The van der Waals surface area contributed by atoms with E-state index in [0.29, 0.717) is 34.1 Å². The van der Waals surface area contributed by atoms with Gasteiger partial charge in [0.25, 0.3) is 5.91 Å². The fourth-order valence-electron chi connectivity index (χ4n) is 2.97. The summed E-state index contributed by atoms with van der Waals surface area (Å²) < 4.78 is 11.6. The van der Waals surface area contributed by atoms with E-state index in [1.54, 1.807) is 49.4 Å². The number of aryl methyl sites for hydroxylation is 1. The first-order valence-electron chi connectivity index (χ1n) is 9.33. The molecule has 0 spiro atoms. The number of oxazole rings is 1. The molecule has 158 valence electrons. The number of fused-ring (bicyclic) bond motifs is 1. The minimum atomic E-state index is -0.520. The predicted molar refractivity (Wildman–Crippen MR) is 114 cm³/mol. The number of aromatic nitrogens is 1. The average Bonchev–Trinajstić information content (AvgIpc) is 3.03. The maximum absolute atomic E-state index is 12.0. The summed E-state index contributed by atoms with van der Waals surface area (Å²) in [6.45, 7) is 1.71. The highest BCUT2D eigenvalue weighted by molar-refractivity contribution is 6.42. The fraction of sp³-hybridized carbons (Fsp3) is 0.286. The second-order valence-corrected chi connectivity index (χ2v) is 7.53. The maximum Gasteiger partial charge on any atom is 0.419 e. The van der Waals surface area contributed by atoms with Crippen LogP contribution in [0.15, 0.2) is 51.7 Å². The van der Waals surface area contributed by atoms with Crippen LogP contribution in [-0.4, -0.2) is 23.1 Å². The summed E-state index contributed by atoms with van der Waals surface area (Å²) in [6, 6.07) is 11.8. The molecule has 0 aliphatic heterocycles. The van der Waals surface area contributed by atoms with Gasteiger partial charge >= 0.3 is 11.7 Å². The van der Waals surface area contributed by atoms with Crippen molar-refractivity contribution in [3.63, 3.8) is 0 Å². The molecule has 1 heterocycles. The number of rotatable bonds is 8. The van der Waals surface area contributed by atoms with Crippen molar-refractivity contribution in [1.82, 2.24) is 9.88 Å². The van der Waals surface area contributed by atoms with Crippen LogP contribution in [0.25, 0.3) is 11.1 Å². The van der Waals surface area contributed by atoms with Crippen LogP contribution >= 0.6 is 23.2 Å². The van der Waals surface area contributed by atoms with Gasteiger partial charge in [0.05, 0.1) is 21.6 Å². The van der Waals surface area contributed by atoms with E-state index >= 15 is 0 Å². The van der Waals surface area contributed by atoms with E-state index in [1.165, 1.54) is 4.57 Å². The lowest BCUT2D eigenvalue weighted by molar-refractivity contribution is -0.148. The second kappa shape index (κ2) is 9.82. The zero-order valence-corrected chi connectivity index (χ0v) is 17.7. The van der Waals surface area contributed by atoms with E-state index < -0.39 is 17.6 Å². The molecule has 0 saturated carbocycles. The van der Waals surface area contributed by atoms with Gasteiger partial charge in [0.2, 0.25) is 0 Å². The number of amides is 1. The Morgan fingerprint density at radius 1 is 1.17 bits per heavy atom. The first-order valence-corrected chi connectivity index (χ1v) is 10.1. The number of carbonyl (C=O) groups excluding carboxylic acids is 2. The molecule has 0 radical (unpaired) electrons. The van der Waals surface area contributed by atoms with Crippen LogP contribution in [0.5, 0.6) is 0 Å². The molecule has 1 aromatic heterocycles. The van der Waals surface area contributed by atoms with E-state index in [0.717, 1.165) is 5.56 Å². The molecule has 7 nitrogen and oxygen atoms in total. The Morgan fingerprint density at radius 3 is 2.70 bits per heavy atom. The molecule has 0 fully saturated rings. The minimum Gasteiger partial charge on any atom is -0.456 e. The molecule has 30 heavy (non-hydrogen) atoms. The summed E-state index contributed by atoms with van der Waals surface area (Å²) >= 11 is 11.9. The summed E-state index contributed by atoms with van der Waals surface area (Å²) in [5, 5.41) is 3.55. The maximum atomic E-state index is 12.0. The first-order chi connectivity index (χ1) is 14.3. The molecular formula is C21H20Cl2N2O5. The number of nitrogens with one attached hydrogen (secondary N) is 1. The topological polar surface area (TPSA) is 90.5 Å². The summed E-state index contributed by atoms with van der Waals surface area (Å²) in [4.78, 5) is 35.8. The summed E-state index contributed by atoms with van der Waals surface area (Å²) in [5.41, 5.74) is 1.95. The molecule has 1 N–H and O–H groups in total. The summed E-state index contributed by atoms with van der Waals surface area (Å²) in [6.07, 6.45) is 0.450. The summed E-state index contributed by atoms with van der Waals surface area (Å²) in [7, 11) is 0. The molecule has 3 aromatic rings. The highest BCUT2D eigenvalue weighted by atomic mass is 35.5. The quantitative estimate of drug-likeness (QED) is 0.521. The van der Waals surface area contributed by atoms with Gasteiger partial charge in [-0.15, -0.1) is 0 Å². The molecule has 1 amide bonds. The minimum absolute atomic E-state index is 0.0710. The lowest BCUT2D eigenvalue weighted by atomic mass is 10.1. The number of hydrogen-bond acceptors (Lipinski definition) is 5. The lowest BCUT2D eigenvalue weighted by Crippen LogP contribution is -2.31. The SMILES string of the molecule is CC(NC(=O)COC(=O)CCCn1c(=O)oc2ccccc21)c1ccc(Cl)c(Cl)c1. The standard InChI is InChI=1S/C21H20Cl2N2O5/c1-13(14-8-9-15(22)16(23)11-14)24-19(26)12-29-20(27)7-4-10-25-17-5-2-3-6-18(17)30-21(25)28/h2-3,5-6,8-9,11,13H,4,7,10,12H2,1H3,(H,24,26). The number of hydrogen-bond donors (Lipinski definition) is 1. The monoisotopic (exact) mass is 450 g/mol. The van der Waals surface area contributed by atoms with Crippen molar-refractivity contribution >= 4 is 46.2 Å². The normalized spacial score (nSPS) is 12.0. The van der Waals surface area contributed by atoms with Crippen molar-refractivity contribution in [3.8, 4) is 0 Å². The van der Waals surface area contributed by atoms with Crippen molar-refractivity contribution in [2.24, 2.45) is 0 Å². The van der Waals surface area contributed by atoms with Crippen molar-refractivity contribution in [1.29, 1.82) is 0 Å². The van der Waals surface area contributed by atoms with E-state index in [1.807, 2.05) is 0 Å². The van der Waals surface area contributed by atoms with E-state index in [9.17, 15) is 14.4 Å². The van der Waals surface area contributed by atoms with Gasteiger partial charge < -0.3 is 14.5 Å². The van der Waals surface area contributed by atoms with Gasteiger partial charge in [0.15, 0.2) is 12.2 Å². The summed E-state index contributed by atoms with van der Waals surface area (Å²) in [5.74, 6) is -1.42. The van der Waals surface area contributed by atoms with Crippen LogP contribution in [0.4, 0.5) is 0 Å². The van der Waals surface area contributed by atoms with Crippen molar-refractivity contribution < 1.29 is 18.7 Å². The Hall–Kier alpha value is -2.77. The van der Waals surface area contributed by atoms with Gasteiger partial charge in [0.1, 0.15) is 0 Å².